The summed E-state index contributed by atoms with van der Waals surface area (Å²) in [6.07, 6.45) is 6.27. The third-order valence-electron chi connectivity index (χ3n) is 5.07. The number of aromatic nitrogens is 2. The number of nitrogens with one attached hydrogen (secondary N) is 2. The van der Waals surface area contributed by atoms with Crippen molar-refractivity contribution >= 4 is 35.0 Å². The summed E-state index contributed by atoms with van der Waals surface area (Å²) in [5.74, 6) is -1.62. The molecule has 0 aliphatic heterocycles. The summed E-state index contributed by atoms with van der Waals surface area (Å²) < 4.78 is 13.1. The fraction of sp³-hybridized carbons (Fsp3) is 0.429. The summed E-state index contributed by atoms with van der Waals surface area (Å²) >= 11 is 6.03. The number of amides is 3. The molecule has 174 valence electrons. The van der Waals surface area contributed by atoms with E-state index in [4.69, 9.17) is 17.3 Å². The number of carbonyl (C=O) groups is 3. The Balaban J connectivity index is 0.000000258. The summed E-state index contributed by atoms with van der Waals surface area (Å²) in [6.45, 7) is 0.0346. The first-order valence-corrected chi connectivity index (χ1v) is 10.6. The molecule has 2 aromatic rings. The van der Waals surface area contributed by atoms with Gasteiger partial charge in [0.25, 0.3) is 11.8 Å². The van der Waals surface area contributed by atoms with Crippen LogP contribution in [0.4, 0.5) is 10.1 Å². The number of benzene rings is 1. The summed E-state index contributed by atoms with van der Waals surface area (Å²) in [4.78, 5) is 41.9. The van der Waals surface area contributed by atoms with Gasteiger partial charge in [-0.3, -0.25) is 14.4 Å². The van der Waals surface area contributed by atoms with Gasteiger partial charge in [0.2, 0.25) is 5.91 Å². The summed E-state index contributed by atoms with van der Waals surface area (Å²) in [6, 6.07) is 3.96. The molecule has 0 unspecified atom stereocenters. The number of carbonyl (C=O) groups excluding carboxylic acids is 3. The van der Waals surface area contributed by atoms with E-state index in [0.29, 0.717) is 5.69 Å². The molecule has 3 amide bonds. The molecule has 0 atom stereocenters. The quantitative estimate of drug-likeness (QED) is 0.515. The largest absolute Gasteiger partial charge is 0.395 e. The van der Waals surface area contributed by atoms with Gasteiger partial charge in [0.05, 0.1) is 23.6 Å². The molecule has 0 spiro atoms. The second-order valence-corrected chi connectivity index (χ2v) is 7.62. The van der Waals surface area contributed by atoms with Gasteiger partial charge in [0.15, 0.2) is 5.69 Å². The van der Waals surface area contributed by atoms with Crippen LogP contribution in [0.5, 0.6) is 0 Å². The molecule has 1 heterocycles. The summed E-state index contributed by atoms with van der Waals surface area (Å²) in [5.41, 5.74) is 5.46. The maximum Gasteiger partial charge on any atom is 0.269 e. The highest BCUT2D eigenvalue weighted by Crippen LogP contribution is 2.31. The van der Waals surface area contributed by atoms with Crippen molar-refractivity contribution in [2.45, 2.75) is 32.1 Å². The van der Waals surface area contributed by atoms with Crippen LogP contribution in [0, 0.1) is 11.7 Å². The molecule has 3 rings (SSSR count). The molecular weight excluding hydrogens is 441 g/mol. The first kappa shape index (κ1) is 25.3. The first-order valence-electron chi connectivity index (χ1n) is 10.2. The second-order valence-electron chi connectivity index (χ2n) is 7.21. The number of hydrogen-bond acceptors (Lipinski definition) is 5. The number of H-pyrrole nitrogens is 1. The van der Waals surface area contributed by atoms with Crippen LogP contribution in [0.15, 0.2) is 24.5 Å². The van der Waals surface area contributed by atoms with Crippen LogP contribution in [0.25, 0.3) is 0 Å². The number of aliphatic hydroxyl groups is 1. The van der Waals surface area contributed by atoms with Gasteiger partial charge < -0.3 is 26.0 Å². The van der Waals surface area contributed by atoms with E-state index in [2.05, 4.69) is 15.3 Å². The highest BCUT2D eigenvalue weighted by atomic mass is 35.5. The minimum atomic E-state index is -0.727. The van der Waals surface area contributed by atoms with Gasteiger partial charge in [-0.05, 0) is 31.0 Å². The molecule has 1 fully saturated rings. The first-order chi connectivity index (χ1) is 15.3. The van der Waals surface area contributed by atoms with Crippen molar-refractivity contribution in [2.75, 3.05) is 25.1 Å². The van der Waals surface area contributed by atoms with Gasteiger partial charge in [-0.1, -0.05) is 30.9 Å². The average Bonchev–Trinajstić information content (AvgIpc) is 3.28. The Labute approximate surface area is 190 Å². The van der Waals surface area contributed by atoms with Crippen LogP contribution in [-0.2, 0) is 4.79 Å². The standard InChI is InChI=1S/C15H19ClFNO2.C6H8N4O2/c16-13-10-12(17)6-7-14(13)18(8-9-19)15(20)11-4-2-1-3-5-11;1-8-6(12)4-3(5(7)11)9-2-10-4/h6-7,10-11,19H,1-5,8-9H2;2H,1H3,(H2,7,11)(H,8,12)(H,9,10). The van der Waals surface area contributed by atoms with Crippen LogP contribution in [0.1, 0.15) is 53.1 Å². The molecule has 1 aliphatic carbocycles. The molecule has 0 radical (unpaired) electrons. The van der Waals surface area contributed by atoms with Gasteiger partial charge in [-0.25, -0.2) is 9.37 Å². The highest BCUT2D eigenvalue weighted by Gasteiger charge is 2.27. The number of rotatable bonds is 6. The Morgan fingerprint density at radius 3 is 2.56 bits per heavy atom. The lowest BCUT2D eigenvalue weighted by Gasteiger charge is -2.29. The number of aromatic amines is 1. The number of anilines is 1. The van der Waals surface area contributed by atoms with E-state index in [0.717, 1.165) is 25.7 Å². The van der Waals surface area contributed by atoms with E-state index in [1.807, 2.05) is 0 Å². The summed E-state index contributed by atoms with van der Waals surface area (Å²) in [5, 5.41) is 11.7. The summed E-state index contributed by atoms with van der Waals surface area (Å²) in [7, 11) is 1.45. The molecule has 1 aromatic heterocycles. The predicted molar refractivity (Wildman–Crippen MR) is 118 cm³/mol. The van der Waals surface area contributed by atoms with E-state index in [-0.39, 0.29) is 41.4 Å². The number of aliphatic hydroxyl groups excluding tert-OH is 1. The van der Waals surface area contributed by atoms with Gasteiger partial charge in [-0.2, -0.15) is 0 Å². The molecular formula is C21H27ClFN5O4. The lowest BCUT2D eigenvalue weighted by atomic mass is 9.88. The van der Waals surface area contributed by atoms with Crippen LogP contribution in [0.2, 0.25) is 5.02 Å². The van der Waals surface area contributed by atoms with Crippen LogP contribution >= 0.6 is 11.6 Å². The smallest absolute Gasteiger partial charge is 0.269 e. The van der Waals surface area contributed by atoms with E-state index in [1.165, 1.54) is 42.9 Å². The van der Waals surface area contributed by atoms with Crippen LogP contribution in [-0.4, -0.2) is 53.0 Å². The number of imidazole rings is 1. The highest BCUT2D eigenvalue weighted by molar-refractivity contribution is 6.33. The molecule has 1 aromatic carbocycles. The van der Waals surface area contributed by atoms with Gasteiger partial charge >= 0.3 is 0 Å². The number of primary amides is 1. The van der Waals surface area contributed by atoms with Gasteiger partial charge in [0.1, 0.15) is 11.5 Å². The molecule has 1 aliphatic rings. The molecule has 9 nitrogen and oxygen atoms in total. The fourth-order valence-electron chi connectivity index (χ4n) is 3.50. The molecule has 1 saturated carbocycles. The zero-order valence-corrected chi connectivity index (χ0v) is 18.5. The molecule has 11 heteroatoms. The van der Waals surface area contributed by atoms with Crippen LogP contribution in [0.3, 0.4) is 0 Å². The lowest BCUT2D eigenvalue weighted by molar-refractivity contribution is -0.123. The second kappa shape index (κ2) is 12.2. The van der Waals surface area contributed by atoms with Crippen molar-refractivity contribution in [2.24, 2.45) is 11.7 Å². The maximum absolute atomic E-state index is 13.1. The molecule has 5 N–H and O–H groups in total. The van der Waals surface area contributed by atoms with E-state index in [1.54, 1.807) is 0 Å². The van der Waals surface area contributed by atoms with Crippen molar-refractivity contribution in [3.05, 3.63) is 46.8 Å². The number of nitrogens with two attached hydrogens (primary N) is 1. The topological polar surface area (TPSA) is 141 Å². The molecule has 0 bridgehead atoms. The lowest BCUT2D eigenvalue weighted by Crippen LogP contribution is -2.39. The van der Waals surface area contributed by atoms with Crippen molar-refractivity contribution in [3.63, 3.8) is 0 Å². The van der Waals surface area contributed by atoms with Gasteiger partial charge in [0, 0.05) is 19.5 Å². The zero-order valence-electron chi connectivity index (χ0n) is 17.7. The SMILES string of the molecule is CNC(=O)c1[nH]cnc1C(N)=O.O=C(C1CCCCC1)N(CCO)c1ccc(F)cc1Cl. The van der Waals surface area contributed by atoms with Crippen molar-refractivity contribution in [1.82, 2.24) is 15.3 Å². The minimum absolute atomic E-state index is 0.0172. The van der Waals surface area contributed by atoms with E-state index in [9.17, 15) is 23.9 Å². The molecule has 32 heavy (non-hydrogen) atoms. The van der Waals surface area contributed by atoms with Crippen molar-refractivity contribution in [1.29, 1.82) is 0 Å². The third kappa shape index (κ3) is 6.51. The van der Waals surface area contributed by atoms with E-state index >= 15 is 0 Å². The Bertz CT molecular complexity index is 946. The normalized spacial score (nSPS) is 13.6. The van der Waals surface area contributed by atoms with Crippen LogP contribution < -0.4 is 16.0 Å². The molecule has 0 saturated heterocycles. The van der Waals surface area contributed by atoms with Crippen molar-refractivity contribution < 1.29 is 23.9 Å². The van der Waals surface area contributed by atoms with Gasteiger partial charge in [-0.15, -0.1) is 0 Å². The minimum Gasteiger partial charge on any atom is -0.395 e. The average molecular weight is 468 g/mol. The number of nitrogens with zero attached hydrogens (tertiary/aromatic N) is 2. The fourth-order valence-corrected chi connectivity index (χ4v) is 3.77. The predicted octanol–water partition coefficient (Wildman–Crippen LogP) is 2.25. The number of halogens is 2. The zero-order chi connectivity index (χ0) is 23.7. The Morgan fingerprint density at radius 1 is 1.31 bits per heavy atom. The maximum atomic E-state index is 13.1. The Kier molecular flexibility index (Phi) is 9.61. The Morgan fingerprint density at radius 2 is 2.00 bits per heavy atom. The monoisotopic (exact) mass is 467 g/mol. The number of hydrogen-bond donors (Lipinski definition) is 4. The van der Waals surface area contributed by atoms with E-state index < -0.39 is 17.6 Å². The Hall–Kier alpha value is -2.98. The van der Waals surface area contributed by atoms with Crippen molar-refractivity contribution in [3.8, 4) is 0 Å². The third-order valence-corrected chi connectivity index (χ3v) is 5.37.